The molecule has 0 radical (unpaired) electrons. The van der Waals surface area contributed by atoms with Crippen LogP contribution in [0.15, 0.2) is 48.5 Å². The lowest BCUT2D eigenvalue weighted by Gasteiger charge is -2.30. The molecule has 0 aromatic heterocycles. The number of hydrogen-bond donors (Lipinski definition) is 0. The van der Waals surface area contributed by atoms with Crippen LogP contribution < -0.4 is 0 Å². The van der Waals surface area contributed by atoms with E-state index < -0.39 is 11.7 Å². The lowest BCUT2D eigenvalue weighted by Crippen LogP contribution is -2.46. The van der Waals surface area contributed by atoms with E-state index in [2.05, 4.69) is 16.7 Å². The van der Waals surface area contributed by atoms with Gasteiger partial charge in [-0.2, -0.15) is 13.2 Å². The van der Waals surface area contributed by atoms with E-state index in [-0.39, 0.29) is 17.0 Å². The van der Waals surface area contributed by atoms with Crippen molar-refractivity contribution in [3.63, 3.8) is 0 Å². The van der Waals surface area contributed by atoms with Gasteiger partial charge in [0.1, 0.15) is 0 Å². The highest BCUT2D eigenvalue weighted by molar-refractivity contribution is 5.94. The van der Waals surface area contributed by atoms with E-state index in [4.69, 9.17) is 0 Å². The number of halogens is 3. The van der Waals surface area contributed by atoms with Crippen molar-refractivity contribution < 1.29 is 18.0 Å². The first-order chi connectivity index (χ1) is 12.8. The molecule has 140 valence electrons. The summed E-state index contributed by atoms with van der Waals surface area (Å²) >= 11 is 0. The lowest BCUT2D eigenvalue weighted by atomic mass is 9.97. The number of alkyl halides is 3. The molecule has 0 saturated carbocycles. The first kappa shape index (κ1) is 19.0. The zero-order valence-corrected chi connectivity index (χ0v) is 14.9. The highest BCUT2D eigenvalue weighted by atomic mass is 19.4. The summed E-state index contributed by atoms with van der Waals surface area (Å²) < 4.78 is 40.5. The number of carbonyl (C=O) groups excluding carboxylic acids is 1. The van der Waals surface area contributed by atoms with Crippen LogP contribution >= 0.6 is 0 Å². The number of benzene rings is 2. The van der Waals surface area contributed by atoms with E-state index in [1.165, 1.54) is 12.1 Å². The largest absolute Gasteiger partial charge is 0.417 e. The Morgan fingerprint density at radius 1 is 1.00 bits per heavy atom. The smallest absolute Gasteiger partial charge is 0.329 e. The quantitative estimate of drug-likeness (QED) is 0.716. The van der Waals surface area contributed by atoms with Crippen molar-refractivity contribution in [3.05, 3.63) is 59.7 Å². The van der Waals surface area contributed by atoms with Gasteiger partial charge in [0, 0.05) is 37.7 Å². The molecule has 1 saturated heterocycles. The Hall–Kier alpha value is -2.78. The molecular formula is C21H19F3N2O. The SMILES string of the molecule is CN1CCN(C(=O)C#Cc2ccc(-c3ccccc3)c(C(F)(F)F)c2)CC1. The van der Waals surface area contributed by atoms with Gasteiger partial charge in [-0.15, -0.1) is 0 Å². The van der Waals surface area contributed by atoms with Crippen molar-refractivity contribution in [2.24, 2.45) is 0 Å². The molecule has 0 unspecified atom stereocenters. The van der Waals surface area contributed by atoms with Gasteiger partial charge in [0.25, 0.3) is 5.91 Å². The fourth-order valence-corrected chi connectivity index (χ4v) is 2.94. The summed E-state index contributed by atoms with van der Waals surface area (Å²) in [7, 11) is 1.97. The van der Waals surface area contributed by atoms with Gasteiger partial charge in [0.05, 0.1) is 5.56 Å². The van der Waals surface area contributed by atoms with Crippen LogP contribution in [0.2, 0.25) is 0 Å². The molecule has 1 fully saturated rings. The molecule has 3 rings (SSSR count). The van der Waals surface area contributed by atoms with Crippen molar-refractivity contribution in [2.75, 3.05) is 33.2 Å². The van der Waals surface area contributed by atoms with Gasteiger partial charge in [-0.1, -0.05) is 42.3 Å². The minimum atomic E-state index is -4.51. The second-order valence-corrected chi connectivity index (χ2v) is 6.47. The van der Waals surface area contributed by atoms with Crippen molar-refractivity contribution >= 4 is 5.91 Å². The second kappa shape index (κ2) is 7.85. The highest BCUT2D eigenvalue weighted by Gasteiger charge is 2.33. The molecule has 6 heteroatoms. The van der Waals surface area contributed by atoms with Gasteiger partial charge < -0.3 is 9.80 Å². The van der Waals surface area contributed by atoms with E-state index in [9.17, 15) is 18.0 Å². The van der Waals surface area contributed by atoms with Crippen LogP contribution in [0.25, 0.3) is 11.1 Å². The Morgan fingerprint density at radius 2 is 1.67 bits per heavy atom. The van der Waals surface area contributed by atoms with Crippen molar-refractivity contribution in [2.45, 2.75) is 6.18 Å². The molecule has 27 heavy (non-hydrogen) atoms. The predicted molar refractivity (Wildman–Crippen MR) is 97.8 cm³/mol. The van der Waals surface area contributed by atoms with E-state index in [0.29, 0.717) is 18.7 Å². The molecule has 0 spiro atoms. The lowest BCUT2D eigenvalue weighted by molar-refractivity contribution is -0.137. The second-order valence-electron chi connectivity index (χ2n) is 6.47. The fraction of sp³-hybridized carbons (Fsp3) is 0.286. The summed E-state index contributed by atoms with van der Waals surface area (Å²) in [5.41, 5.74) is -0.00563. The van der Waals surface area contributed by atoms with Gasteiger partial charge >= 0.3 is 6.18 Å². The number of hydrogen-bond acceptors (Lipinski definition) is 2. The van der Waals surface area contributed by atoms with Crippen LogP contribution in [-0.4, -0.2) is 48.9 Å². The van der Waals surface area contributed by atoms with Crippen LogP contribution in [0.5, 0.6) is 0 Å². The minimum absolute atomic E-state index is 0.0963. The normalized spacial score (nSPS) is 15.2. The standard InChI is InChI=1S/C21H19F3N2O/c1-25-11-13-26(14-12-25)20(27)10-8-16-7-9-18(17-5-3-2-4-6-17)19(15-16)21(22,23)24/h2-7,9,15H,11-14H2,1H3. The molecule has 1 aliphatic heterocycles. The van der Waals surface area contributed by atoms with Crippen LogP contribution in [0.3, 0.4) is 0 Å². The zero-order chi connectivity index (χ0) is 19.4. The average molecular weight is 372 g/mol. The molecule has 2 aromatic rings. The number of piperazine rings is 1. The molecule has 1 aliphatic rings. The first-order valence-corrected chi connectivity index (χ1v) is 8.61. The summed E-state index contributed by atoms with van der Waals surface area (Å²) in [6.07, 6.45) is -4.51. The molecule has 0 aliphatic carbocycles. The monoisotopic (exact) mass is 372 g/mol. The zero-order valence-electron chi connectivity index (χ0n) is 14.9. The maximum Gasteiger partial charge on any atom is 0.417 e. The van der Waals surface area contributed by atoms with Crippen molar-refractivity contribution in [3.8, 4) is 23.0 Å². The molecule has 1 heterocycles. The van der Waals surface area contributed by atoms with Gasteiger partial charge in [-0.25, -0.2) is 0 Å². The van der Waals surface area contributed by atoms with Crippen LogP contribution in [0.1, 0.15) is 11.1 Å². The molecule has 1 amide bonds. The molecule has 2 aromatic carbocycles. The molecular weight excluding hydrogens is 353 g/mol. The van der Waals surface area contributed by atoms with Crippen LogP contribution in [-0.2, 0) is 11.0 Å². The fourth-order valence-electron chi connectivity index (χ4n) is 2.94. The van der Waals surface area contributed by atoms with E-state index >= 15 is 0 Å². The maximum absolute atomic E-state index is 13.5. The van der Waals surface area contributed by atoms with Gasteiger partial charge in [0.15, 0.2) is 0 Å². The number of rotatable bonds is 1. The Morgan fingerprint density at radius 3 is 2.30 bits per heavy atom. The average Bonchev–Trinajstić information content (AvgIpc) is 2.66. The molecule has 0 atom stereocenters. The Bertz CT molecular complexity index is 874. The van der Waals surface area contributed by atoms with Gasteiger partial charge in [-0.3, -0.25) is 4.79 Å². The Labute approximate surface area is 156 Å². The Balaban J connectivity index is 1.87. The first-order valence-electron chi connectivity index (χ1n) is 8.61. The summed E-state index contributed by atoms with van der Waals surface area (Å²) in [5.74, 6) is 4.70. The third-order valence-corrected chi connectivity index (χ3v) is 4.51. The Kier molecular flexibility index (Phi) is 5.52. The third-order valence-electron chi connectivity index (χ3n) is 4.51. The number of amides is 1. The maximum atomic E-state index is 13.5. The molecule has 0 N–H and O–H groups in total. The van der Waals surface area contributed by atoms with E-state index in [1.807, 2.05) is 7.05 Å². The minimum Gasteiger partial charge on any atom is -0.329 e. The summed E-state index contributed by atoms with van der Waals surface area (Å²) in [6.45, 7) is 2.67. The van der Waals surface area contributed by atoms with Gasteiger partial charge in [0.2, 0.25) is 0 Å². The third kappa shape index (κ3) is 4.69. The summed E-state index contributed by atoms with van der Waals surface area (Å²) in [6, 6.07) is 12.3. The topological polar surface area (TPSA) is 23.6 Å². The number of likely N-dealkylation sites (N-methyl/N-ethyl adjacent to an activating group) is 1. The van der Waals surface area contributed by atoms with Crippen LogP contribution in [0, 0.1) is 11.8 Å². The molecule has 3 nitrogen and oxygen atoms in total. The number of nitrogens with zero attached hydrogens (tertiary/aromatic N) is 2. The molecule has 0 bridgehead atoms. The van der Waals surface area contributed by atoms with Crippen molar-refractivity contribution in [1.82, 2.24) is 9.80 Å². The van der Waals surface area contributed by atoms with Gasteiger partial charge in [-0.05, 0) is 30.3 Å². The predicted octanol–water partition coefficient (Wildman–Crippen LogP) is 3.50. The van der Waals surface area contributed by atoms with Crippen LogP contribution in [0.4, 0.5) is 13.2 Å². The summed E-state index contributed by atoms with van der Waals surface area (Å²) in [5, 5.41) is 0. The van der Waals surface area contributed by atoms with Crippen molar-refractivity contribution in [1.29, 1.82) is 0 Å². The summed E-state index contributed by atoms with van der Waals surface area (Å²) in [4.78, 5) is 15.9. The number of carbonyl (C=O) groups is 1. The van der Waals surface area contributed by atoms with E-state index in [1.54, 1.807) is 35.2 Å². The highest BCUT2D eigenvalue weighted by Crippen LogP contribution is 2.37. The van der Waals surface area contributed by atoms with E-state index in [0.717, 1.165) is 19.2 Å².